The Morgan fingerprint density at radius 2 is 1.75 bits per heavy atom. The largest absolute Gasteiger partial charge is 0.308 e. The van der Waals surface area contributed by atoms with Crippen molar-refractivity contribution < 1.29 is 9.18 Å². The molecule has 0 aliphatic carbocycles. The summed E-state index contributed by atoms with van der Waals surface area (Å²) < 4.78 is 14.0. The first-order valence-electron chi connectivity index (χ1n) is 6.90. The van der Waals surface area contributed by atoms with Crippen molar-refractivity contribution in [2.24, 2.45) is 0 Å². The number of halogens is 1. The molecule has 2 aromatic rings. The van der Waals surface area contributed by atoms with Crippen LogP contribution in [0.4, 0.5) is 10.1 Å². The Balaban J connectivity index is 1.78. The molecule has 1 fully saturated rings. The minimum atomic E-state index is -0.205. The lowest BCUT2D eigenvalue weighted by molar-refractivity contribution is -0.117. The Bertz CT molecular complexity index is 697. The minimum absolute atomic E-state index is 0.0453. The maximum atomic E-state index is 14.0. The van der Waals surface area contributed by atoms with Crippen LogP contribution in [-0.4, -0.2) is 11.9 Å². The summed E-state index contributed by atoms with van der Waals surface area (Å²) in [6.07, 6.45) is 1.22. The van der Waals surface area contributed by atoms with Gasteiger partial charge in [0.1, 0.15) is 5.82 Å². The van der Waals surface area contributed by atoms with Crippen LogP contribution in [0.25, 0.3) is 0 Å². The number of hydrogen-bond donors (Lipinski definition) is 0. The van der Waals surface area contributed by atoms with E-state index in [9.17, 15) is 9.18 Å². The Kier molecular flexibility index (Phi) is 2.43. The molecule has 20 heavy (non-hydrogen) atoms. The second kappa shape index (κ2) is 4.17. The minimum Gasteiger partial charge on any atom is -0.308 e. The van der Waals surface area contributed by atoms with Crippen LogP contribution in [0, 0.1) is 5.82 Å². The highest BCUT2D eigenvalue weighted by Crippen LogP contribution is 2.45. The van der Waals surface area contributed by atoms with Crippen LogP contribution in [0.15, 0.2) is 48.5 Å². The summed E-state index contributed by atoms with van der Waals surface area (Å²) in [5.41, 5.74) is 2.86. The molecule has 0 radical (unpaired) electrons. The molecule has 2 aliphatic rings. The van der Waals surface area contributed by atoms with Gasteiger partial charge < -0.3 is 4.90 Å². The van der Waals surface area contributed by atoms with Gasteiger partial charge in [0.15, 0.2) is 0 Å². The normalized spacial score (nSPS) is 23.9. The Morgan fingerprint density at radius 3 is 2.60 bits per heavy atom. The smallest absolute Gasteiger partial charge is 0.227 e. The molecule has 2 nitrogen and oxygen atoms in total. The number of carbonyl (C=O) groups excluding carboxylic acids is 1. The summed E-state index contributed by atoms with van der Waals surface area (Å²) in [7, 11) is 0. The van der Waals surface area contributed by atoms with E-state index in [1.165, 1.54) is 11.6 Å². The van der Waals surface area contributed by atoms with Gasteiger partial charge in [-0.2, -0.15) is 0 Å². The number of para-hydroxylation sites is 1. The fraction of sp³-hybridized carbons (Fsp3) is 0.235. The van der Waals surface area contributed by atoms with E-state index in [4.69, 9.17) is 0 Å². The highest BCUT2D eigenvalue weighted by molar-refractivity contribution is 5.99. The quantitative estimate of drug-likeness (QED) is 0.776. The second-order valence-corrected chi connectivity index (χ2v) is 5.50. The predicted octanol–water partition coefficient (Wildman–Crippen LogP) is 3.27. The van der Waals surface area contributed by atoms with Gasteiger partial charge in [0.05, 0.1) is 0 Å². The molecule has 0 saturated carbocycles. The first-order valence-corrected chi connectivity index (χ1v) is 6.90. The summed E-state index contributed by atoms with van der Waals surface area (Å²) in [4.78, 5) is 14.2. The van der Waals surface area contributed by atoms with E-state index in [0.717, 1.165) is 12.1 Å². The van der Waals surface area contributed by atoms with E-state index in [2.05, 4.69) is 6.07 Å². The van der Waals surface area contributed by atoms with Gasteiger partial charge in [0, 0.05) is 24.1 Å². The molecule has 1 saturated heterocycles. The van der Waals surface area contributed by atoms with Crippen molar-refractivity contribution in [2.45, 2.75) is 24.8 Å². The second-order valence-electron chi connectivity index (χ2n) is 5.50. The predicted molar refractivity (Wildman–Crippen MR) is 75.2 cm³/mol. The number of hydrogen-bond acceptors (Lipinski definition) is 1. The van der Waals surface area contributed by atoms with Crippen molar-refractivity contribution >= 4 is 11.6 Å². The summed E-state index contributed by atoms with van der Waals surface area (Å²) in [5.74, 6) is -0.146. The van der Waals surface area contributed by atoms with Crippen LogP contribution >= 0.6 is 0 Å². The van der Waals surface area contributed by atoms with E-state index in [1.807, 2.05) is 29.2 Å². The third-order valence-corrected chi connectivity index (χ3v) is 4.44. The first kappa shape index (κ1) is 11.6. The molecule has 100 valence electrons. The lowest BCUT2D eigenvalue weighted by atomic mass is 9.89. The maximum absolute atomic E-state index is 14.0. The third kappa shape index (κ3) is 1.52. The standard InChI is InChI=1S/C17H14FNO/c18-14-7-3-2-6-12(14)13-10-17(20)19-15-8-4-1-5-11(15)9-16(13)19/h1-8,13,16H,9-10H2/t13-,16+/m0/s1. The molecule has 2 aromatic carbocycles. The van der Waals surface area contributed by atoms with Crippen molar-refractivity contribution in [3.05, 3.63) is 65.5 Å². The highest BCUT2D eigenvalue weighted by Gasteiger charge is 2.46. The molecule has 0 bridgehead atoms. The number of amides is 1. The number of benzene rings is 2. The van der Waals surface area contributed by atoms with E-state index in [1.54, 1.807) is 12.1 Å². The van der Waals surface area contributed by atoms with E-state index < -0.39 is 0 Å². The van der Waals surface area contributed by atoms with Gasteiger partial charge in [-0.15, -0.1) is 0 Å². The van der Waals surface area contributed by atoms with Crippen molar-refractivity contribution in [3.63, 3.8) is 0 Å². The summed E-state index contributed by atoms with van der Waals surface area (Å²) >= 11 is 0. The molecule has 0 unspecified atom stereocenters. The summed E-state index contributed by atoms with van der Waals surface area (Å²) in [5, 5.41) is 0. The summed E-state index contributed by atoms with van der Waals surface area (Å²) in [6.45, 7) is 0. The molecule has 4 rings (SSSR count). The number of rotatable bonds is 1. The molecule has 0 spiro atoms. The SMILES string of the molecule is O=C1C[C@@H](c2ccccc2F)[C@H]2Cc3ccccc3N12. The van der Waals surface area contributed by atoms with E-state index >= 15 is 0 Å². The van der Waals surface area contributed by atoms with Crippen LogP contribution in [0.3, 0.4) is 0 Å². The van der Waals surface area contributed by atoms with E-state index in [0.29, 0.717) is 12.0 Å². The average molecular weight is 267 g/mol. The number of nitrogens with zero attached hydrogens (tertiary/aromatic N) is 1. The van der Waals surface area contributed by atoms with Crippen LogP contribution in [0.5, 0.6) is 0 Å². The zero-order chi connectivity index (χ0) is 13.7. The van der Waals surface area contributed by atoms with Gasteiger partial charge in [0.25, 0.3) is 0 Å². The zero-order valence-corrected chi connectivity index (χ0v) is 10.9. The Morgan fingerprint density at radius 1 is 1.00 bits per heavy atom. The monoisotopic (exact) mass is 267 g/mol. The topological polar surface area (TPSA) is 20.3 Å². The van der Waals surface area contributed by atoms with Gasteiger partial charge >= 0.3 is 0 Å². The van der Waals surface area contributed by atoms with Crippen molar-refractivity contribution in [1.29, 1.82) is 0 Å². The zero-order valence-electron chi connectivity index (χ0n) is 10.9. The van der Waals surface area contributed by atoms with E-state index in [-0.39, 0.29) is 23.7 Å². The van der Waals surface area contributed by atoms with Crippen molar-refractivity contribution in [3.8, 4) is 0 Å². The number of fused-ring (bicyclic) bond motifs is 3. The summed E-state index contributed by atoms with van der Waals surface area (Å²) in [6, 6.07) is 14.9. The molecule has 1 amide bonds. The number of carbonyl (C=O) groups is 1. The van der Waals surface area contributed by atoms with Gasteiger partial charge in [-0.05, 0) is 29.7 Å². The Hall–Kier alpha value is -2.16. The fourth-order valence-electron chi connectivity index (χ4n) is 3.57. The molecule has 2 atom stereocenters. The molecule has 3 heteroatoms. The van der Waals surface area contributed by atoms with Gasteiger partial charge in [-0.1, -0.05) is 36.4 Å². The lowest BCUT2D eigenvalue weighted by Gasteiger charge is -2.21. The van der Waals surface area contributed by atoms with Gasteiger partial charge in [-0.3, -0.25) is 4.79 Å². The van der Waals surface area contributed by atoms with Crippen LogP contribution in [0.2, 0.25) is 0 Å². The average Bonchev–Trinajstić information content (AvgIpc) is 2.98. The van der Waals surface area contributed by atoms with Crippen LogP contribution < -0.4 is 4.90 Å². The molecule has 0 aromatic heterocycles. The van der Waals surface area contributed by atoms with Crippen molar-refractivity contribution in [1.82, 2.24) is 0 Å². The van der Waals surface area contributed by atoms with Gasteiger partial charge in [0.2, 0.25) is 5.91 Å². The van der Waals surface area contributed by atoms with Crippen LogP contribution in [0.1, 0.15) is 23.5 Å². The molecule has 0 N–H and O–H groups in total. The third-order valence-electron chi connectivity index (χ3n) is 4.44. The molecule has 2 heterocycles. The molecular formula is C17H14FNO. The Labute approximate surface area is 116 Å². The van der Waals surface area contributed by atoms with Crippen molar-refractivity contribution in [2.75, 3.05) is 4.90 Å². The lowest BCUT2D eigenvalue weighted by Crippen LogP contribution is -2.31. The van der Waals surface area contributed by atoms with Crippen LogP contribution in [-0.2, 0) is 11.2 Å². The first-order chi connectivity index (χ1) is 9.75. The molecule has 2 aliphatic heterocycles. The van der Waals surface area contributed by atoms with Gasteiger partial charge in [-0.25, -0.2) is 4.39 Å². The maximum Gasteiger partial charge on any atom is 0.227 e. The fourth-order valence-corrected chi connectivity index (χ4v) is 3.57. The molecular weight excluding hydrogens is 253 g/mol. The number of anilines is 1. The highest BCUT2D eigenvalue weighted by atomic mass is 19.1.